The first kappa shape index (κ1) is 12.3. The Hall–Kier alpha value is -1.13. The molecule has 2 aliphatic carbocycles. The summed E-state index contributed by atoms with van der Waals surface area (Å²) in [5, 5.41) is 0. The smallest absolute Gasteiger partial charge is 0.0623 e. The van der Waals surface area contributed by atoms with Gasteiger partial charge in [0, 0.05) is 29.2 Å². The van der Waals surface area contributed by atoms with Crippen molar-refractivity contribution in [3.63, 3.8) is 0 Å². The van der Waals surface area contributed by atoms with Crippen LogP contribution in [-0.2, 0) is 0 Å². The molecule has 2 heteroatoms. The van der Waals surface area contributed by atoms with Gasteiger partial charge in [-0.2, -0.15) is 0 Å². The number of rotatable bonds is 1. The van der Waals surface area contributed by atoms with E-state index in [1.165, 1.54) is 0 Å². The van der Waals surface area contributed by atoms with Crippen molar-refractivity contribution in [3.8, 4) is 23.7 Å². The van der Waals surface area contributed by atoms with Crippen LogP contribution >= 0.6 is 22.6 Å². The van der Waals surface area contributed by atoms with Crippen molar-refractivity contribution in [2.75, 3.05) is 0 Å². The van der Waals surface area contributed by atoms with Crippen molar-refractivity contribution in [1.29, 1.82) is 0 Å². The standard InChI is InChI=1S/C15H14IN/c1-2-11-9-10-12-7-5-3-4-6-8-13(12)14(16)15(11)17/h6-8,13-14H,2,5,17H2,1H3. The molecular formula is C15H14IN. The number of allylic oxidation sites excluding steroid dienone is 6. The van der Waals surface area contributed by atoms with Crippen LogP contribution in [0.4, 0.5) is 0 Å². The highest BCUT2D eigenvalue weighted by Crippen LogP contribution is 2.31. The molecule has 0 heterocycles. The molecule has 0 aromatic carbocycles. The largest absolute Gasteiger partial charge is 0.400 e. The molecule has 86 valence electrons. The van der Waals surface area contributed by atoms with Gasteiger partial charge in [-0.3, -0.25) is 0 Å². The Bertz CT molecular complexity index is 529. The minimum Gasteiger partial charge on any atom is -0.400 e. The SMILES string of the molecule is CCC1=C(N)C(I)C2C=CC#CCC=C2C#C1. The third-order valence-electron chi connectivity index (χ3n) is 2.94. The van der Waals surface area contributed by atoms with Gasteiger partial charge in [-0.1, -0.05) is 65.3 Å². The zero-order valence-electron chi connectivity index (χ0n) is 9.76. The van der Waals surface area contributed by atoms with Crippen LogP contribution in [0.25, 0.3) is 0 Å². The van der Waals surface area contributed by atoms with Gasteiger partial charge in [0.2, 0.25) is 0 Å². The quantitative estimate of drug-likeness (QED) is 0.445. The van der Waals surface area contributed by atoms with Gasteiger partial charge >= 0.3 is 0 Å². The molecule has 2 atom stereocenters. The molecule has 0 saturated carbocycles. The first-order valence-electron chi connectivity index (χ1n) is 5.73. The summed E-state index contributed by atoms with van der Waals surface area (Å²) >= 11 is 2.41. The molecule has 0 bridgehead atoms. The Morgan fingerprint density at radius 1 is 1.47 bits per heavy atom. The van der Waals surface area contributed by atoms with Crippen LogP contribution in [0.3, 0.4) is 0 Å². The highest BCUT2D eigenvalue weighted by atomic mass is 127. The fourth-order valence-corrected chi connectivity index (χ4v) is 2.94. The van der Waals surface area contributed by atoms with E-state index in [0.29, 0.717) is 0 Å². The van der Waals surface area contributed by atoms with Gasteiger partial charge in [0.05, 0.1) is 3.92 Å². The average Bonchev–Trinajstić information content (AvgIpc) is 2.40. The lowest BCUT2D eigenvalue weighted by molar-refractivity contribution is 0.794. The van der Waals surface area contributed by atoms with E-state index in [2.05, 4.69) is 65.3 Å². The Morgan fingerprint density at radius 2 is 2.29 bits per heavy atom. The summed E-state index contributed by atoms with van der Waals surface area (Å²) < 4.78 is 0.257. The van der Waals surface area contributed by atoms with E-state index < -0.39 is 0 Å². The van der Waals surface area contributed by atoms with E-state index in [-0.39, 0.29) is 9.84 Å². The number of hydrogen-bond acceptors (Lipinski definition) is 1. The number of fused-ring (bicyclic) bond motifs is 1. The van der Waals surface area contributed by atoms with Crippen LogP contribution in [0.2, 0.25) is 0 Å². The summed E-state index contributed by atoms with van der Waals surface area (Å²) in [6, 6.07) is 0. The van der Waals surface area contributed by atoms with Crippen LogP contribution in [0.5, 0.6) is 0 Å². The van der Waals surface area contributed by atoms with E-state index in [1.807, 2.05) is 6.08 Å². The number of hydrogen-bond donors (Lipinski definition) is 1. The molecule has 0 saturated heterocycles. The van der Waals surface area contributed by atoms with Crippen molar-refractivity contribution in [2.24, 2.45) is 11.7 Å². The van der Waals surface area contributed by atoms with Crippen LogP contribution in [0.1, 0.15) is 19.8 Å². The first-order chi connectivity index (χ1) is 8.24. The van der Waals surface area contributed by atoms with Gasteiger partial charge < -0.3 is 5.73 Å². The van der Waals surface area contributed by atoms with Gasteiger partial charge in [-0.15, -0.1) is 0 Å². The molecule has 0 fully saturated rings. The molecule has 0 aromatic heterocycles. The predicted octanol–water partition coefficient (Wildman–Crippen LogP) is 2.94. The highest BCUT2D eigenvalue weighted by molar-refractivity contribution is 14.1. The minimum absolute atomic E-state index is 0.257. The van der Waals surface area contributed by atoms with E-state index in [1.54, 1.807) is 0 Å². The summed E-state index contributed by atoms with van der Waals surface area (Å²) in [6.45, 7) is 2.10. The van der Waals surface area contributed by atoms with Crippen molar-refractivity contribution < 1.29 is 0 Å². The van der Waals surface area contributed by atoms with E-state index in [0.717, 1.165) is 29.7 Å². The normalized spacial score (nSPS) is 26.4. The van der Waals surface area contributed by atoms with E-state index in [4.69, 9.17) is 5.73 Å². The fourth-order valence-electron chi connectivity index (χ4n) is 1.93. The topological polar surface area (TPSA) is 26.0 Å². The number of nitrogens with two attached hydrogens (primary N) is 1. The monoisotopic (exact) mass is 335 g/mol. The van der Waals surface area contributed by atoms with Gasteiger partial charge in [0.15, 0.2) is 0 Å². The number of alkyl halides is 1. The molecule has 0 aromatic rings. The molecule has 2 aliphatic rings. The first-order valence-corrected chi connectivity index (χ1v) is 6.98. The third kappa shape index (κ3) is 2.58. The maximum Gasteiger partial charge on any atom is 0.0623 e. The molecule has 2 N–H and O–H groups in total. The van der Waals surface area contributed by atoms with Gasteiger partial charge in [0.25, 0.3) is 0 Å². The predicted molar refractivity (Wildman–Crippen MR) is 80.2 cm³/mol. The second kappa shape index (κ2) is 5.47. The molecular weight excluding hydrogens is 321 g/mol. The lowest BCUT2D eigenvalue weighted by Crippen LogP contribution is -2.22. The number of halogens is 1. The molecule has 1 nitrogen and oxygen atoms in total. The summed E-state index contributed by atoms with van der Waals surface area (Å²) in [4.78, 5) is 0. The molecule has 0 amide bonds. The van der Waals surface area contributed by atoms with E-state index >= 15 is 0 Å². The van der Waals surface area contributed by atoms with Gasteiger partial charge in [-0.05, 0) is 12.5 Å². The maximum atomic E-state index is 6.20. The Kier molecular flexibility index (Phi) is 3.97. The minimum atomic E-state index is 0.257. The van der Waals surface area contributed by atoms with Crippen molar-refractivity contribution in [2.45, 2.75) is 23.7 Å². The average molecular weight is 335 g/mol. The molecule has 2 rings (SSSR count). The van der Waals surface area contributed by atoms with Crippen molar-refractivity contribution in [3.05, 3.63) is 35.1 Å². The Morgan fingerprint density at radius 3 is 3.06 bits per heavy atom. The molecule has 0 aliphatic heterocycles. The van der Waals surface area contributed by atoms with Crippen molar-refractivity contribution >= 4 is 22.6 Å². The molecule has 0 radical (unpaired) electrons. The Balaban J connectivity index is 2.49. The van der Waals surface area contributed by atoms with Gasteiger partial charge in [0.1, 0.15) is 0 Å². The van der Waals surface area contributed by atoms with Crippen LogP contribution in [0.15, 0.2) is 35.1 Å². The Labute approximate surface area is 116 Å². The van der Waals surface area contributed by atoms with Crippen LogP contribution in [-0.4, -0.2) is 3.92 Å². The molecule has 0 spiro atoms. The lowest BCUT2D eigenvalue weighted by Gasteiger charge is -2.20. The second-order valence-corrected chi connectivity index (χ2v) is 5.35. The summed E-state index contributed by atoms with van der Waals surface area (Å²) in [5.74, 6) is 12.8. The summed E-state index contributed by atoms with van der Waals surface area (Å²) in [5.41, 5.74) is 9.35. The highest BCUT2D eigenvalue weighted by Gasteiger charge is 2.25. The maximum absolute atomic E-state index is 6.20. The van der Waals surface area contributed by atoms with Crippen LogP contribution < -0.4 is 5.73 Å². The van der Waals surface area contributed by atoms with Crippen LogP contribution in [0, 0.1) is 29.6 Å². The molecule has 17 heavy (non-hydrogen) atoms. The second-order valence-electron chi connectivity index (χ2n) is 4.01. The summed E-state index contributed by atoms with van der Waals surface area (Å²) in [6.07, 6.45) is 7.85. The zero-order chi connectivity index (χ0) is 12.3. The summed E-state index contributed by atoms with van der Waals surface area (Å²) in [7, 11) is 0. The zero-order valence-corrected chi connectivity index (χ0v) is 11.9. The fraction of sp³-hybridized carbons (Fsp3) is 0.333. The van der Waals surface area contributed by atoms with E-state index in [9.17, 15) is 0 Å². The third-order valence-corrected chi connectivity index (χ3v) is 4.39. The lowest BCUT2D eigenvalue weighted by atomic mass is 9.93. The van der Waals surface area contributed by atoms with Crippen molar-refractivity contribution in [1.82, 2.24) is 0 Å². The molecule has 2 unspecified atom stereocenters. The van der Waals surface area contributed by atoms with Gasteiger partial charge in [-0.25, -0.2) is 0 Å².